The van der Waals surface area contributed by atoms with Crippen molar-refractivity contribution in [3.63, 3.8) is 0 Å². The Balaban J connectivity index is 1.62. The first kappa shape index (κ1) is 20.4. The second-order valence-corrected chi connectivity index (χ2v) is 7.10. The van der Waals surface area contributed by atoms with Gasteiger partial charge in [0.2, 0.25) is 0 Å². The lowest BCUT2D eigenvalue weighted by atomic mass is 10.1. The molecule has 0 spiro atoms. The highest BCUT2D eigenvalue weighted by Gasteiger charge is 2.21. The maximum atomic E-state index is 12.8. The molecule has 0 atom stereocenters. The zero-order chi connectivity index (χ0) is 19.9. The molecule has 3 rings (SSSR count). The quantitative estimate of drug-likeness (QED) is 0.736. The van der Waals surface area contributed by atoms with Crippen molar-refractivity contribution in [2.45, 2.75) is 6.42 Å². The van der Waals surface area contributed by atoms with Gasteiger partial charge in [-0.25, -0.2) is 0 Å². The summed E-state index contributed by atoms with van der Waals surface area (Å²) < 4.78 is 16.3. The van der Waals surface area contributed by atoms with Crippen molar-refractivity contribution in [2.75, 3.05) is 73.2 Å². The third-order valence-electron chi connectivity index (χ3n) is 5.13. The zero-order valence-electron chi connectivity index (χ0n) is 16.7. The van der Waals surface area contributed by atoms with Crippen LogP contribution in [0, 0.1) is 0 Å². The molecule has 8 heteroatoms. The molecule has 0 radical (unpaired) electrons. The lowest BCUT2D eigenvalue weighted by Crippen LogP contribution is -2.43. The van der Waals surface area contributed by atoms with Crippen LogP contribution >= 0.6 is 0 Å². The van der Waals surface area contributed by atoms with Crippen LogP contribution in [0.5, 0.6) is 11.5 Å². The number of morpholine rings is 1. The molecule has 2 fully saturated rings. The number of benzene rings is 1. The van der Waals surface area contributed by atoms with Crippen LogP contribution < -0.4 is 9.47 Å². The van der Waals surface area contributed by atoms with Gasteiger partial charge in [0.15, 0.2) is 18.1 Å². The van der Waals surface area contributed by atoms with Gasteiger partial charge in [-0.2, -0.15) is 0 Å². The van der Waals surface area contributed by atoms with Crippen molar-refractivity contribution < 1.29 is 23.8 Å². The number of rotatable bonds is 5. The Morgan fingerprint density at radius 2 is 1.79 bits per heavy atom. The molecule has 1 aromatic carbocycles. The maximum Gasteiger partial charge on any atom is 0.260 e. The summed E-state index contributed by atoms with van der Waals surface area (Å²) in [7, 11) is 3.60. The van der Waals surface area contributed by atoms with E-state index in [1.54, 1.807) is 23.1 Å². The number of carbonyl (C=O) groups excluding carboxylic acids is 2. The second kappa shape index (κ2) is 9.75. The highest BCUT2D eigenvalue weighted by atomic mass is 16.5. The topological polar surface area (TPSA) is 71.6 Å². The lowest BCUT2D eigenvalue weighted by Gasteiger charge is -2.26. The molecule has 1 aromatic rings. The van der Waals surface area contributed by atoms with E-state index < -0.39 is 0 Å². The van der Waals surface area contributed by atoms with Gasteiger partial charge < -0.3 is 28.9 Å². The van der Waals surface area contributed by atoms with Gasteiger partial charge in [-0.3, -0.25) is 9.59 Å². The maximum absolute atomic E-state index is 12.8. The van der Waals surface area contributed by atoms with Crippen molar-refractivity contribution in [3.8, 4) is 11.5 Å². The minimum absolute atomic E-state index is 0.00968. The number of amides is 2. The van der Waals surface area contributed by atoms with Crippen LogP contribution in [0.15, 0.2) is 18.2 Å². The summed E-state index contributed by atoms with van der Waals surface area (Å²) in [5.41, 5.74) is 0.563. The zero-order valence-corrected chi connectivity index (χ0v) is 16.7. The minimum atomic E-state index is -0.0841. The van der Waals surface area contributed by atoms with Gasteiger partial charge in [-0.1, -0.05) is 0 Å². The van der Waals surface area contributed by atoms with E-state index in [-0.39, 0.29) is 18.4 Å². The van der Waals surface area contributed by atoms with Crippen LogP contribution in [0.25, 0.3) is 0 Å². The largest absolute Gasteiger partial charge is 0.493 e. The average Bonchev–Trinajstić information content (AvgIpc) is 2.96. The predicted octanol–water partition coefficient (Wildman–Crippen LogP) is 0.711. The molecule has 154 valence electrons. The van der Waals surface area contributed by atoms with E-state index in [2.05, 4.69) is 11.9 Å². The second-order valence-electron chi connectivity index (χ2n) is 7.10. The van der Waals surface area contributed by atoms with Crippen LogP contribution in [0.4, 0.5) is 0 Å². The van der Waals surface area contributed by atoms with Crippen LogP contribution in [0.2, 0.25) is 0 Å². The summed E-state index contributed by atoms with van der Waals surface area (Å²) in [6.07, 6.45) is 0.963. The lowest BCUT2D eigenvalue weighted by molar-refractivity contribution is -0.137. The van der Waals surface area contributed by atoms with Crippen molar-refractivity contribution in [2.24, 2.45) is 0 Å². The van der Waals surface area contributed by atoms with E-state index in [0.29, 0.717) is 49.9 Å². The van der Waals surface area contributed by atoms with Gasteiger partial charge in [-0.15, -0.1) is 0 Å². The summed E-state index contributed by atoms with van der Waals surface area (Å²) in [5.74, 6) is 0.813. The Labute approximate surface area is 165 Å². The van der Waals surface area contributed by atoms with Crippen molar-refractivity contribution in [3.05, 3.63) is 23.8 Å². The molecule has 8 nitrogen and oxygen atoms in total. The molecule has 2 heterocycles. The predicted molar refractivity (Wildman–Crippen MR) is 104 cm³/mol. The average molecular weight is 391 g/mol. The molecule has 2 amide bonds. The first-order chi connectivity index (χ1) is 13.6. The van der Waals surface area contributed by atoms with E-state index in [0.717, 1.165) is 26.1 Å². The van der Waals surface area contributed by atoms with E-state index in [4.69, 9.17) is 14.2 Å². The molecule has 0 unspecified atom stereocenters. The van der Waals surface area contributed by atoms with Gasteiger partial charge in [0.1, 0.15) is 0 Å². The van der Waals surface area contributed by atoms with Crippen LogP contribution in [0.1, 0.15) is 16.8 Å². The molecule has 0 bridgehead atoms. The monoisotopic (exact) mass is 391 g/mol. The molecule has 0 N–H and O–H groups in total. The summed E-state index contributed by atoms with van der Waals surface area (Å²) in [5, 5.41) is 0. The summed E-state index contributed by atoms with van der Waals surface area (Å²) in [4.78, 5) is 30.9. The fraction of sp³-hybridized carbons (Fsp3) is 0.600. The van der Waals surface area contributed by atoms with E-state index >= 15 is 0 Å². The Kier molecular flexibility index (Phi) is 7.11. The van der Waals surface area contributed by atoms with Crippen LogP contribution in [-0.2, 0) is 9.53 Å². The summed E-state index contributed by atoms with van der Waals surface area (Å²) in [6, 6.07) is 5.11. The van der Waals surface area contributed by atoms with Gasteiger partial charge >= 0.3 is 0 Å². The molecular weight excluding hydrogens is 362 g/mol. The molecule has 28 heavy (non-hydrogen) atoms. The van der Waals surface area contributed by atoms with Crippen LogP contribution in [-0.4, -0.2) is 99.8 Å². The standard InChI is InChI=1S/C20H29N3O5/c1-21-6-3-7-23(9-8-21)20(25)16-4-5-17(18(14-16)26-2)28-15-19(24)22-10-12-27-13-11-22/h4-5,14H,3,6-13,15H2,1-2H3. The number of likely N-dealkylation sites (N-methyl/N-ethyl adjacent to an activating group) is 1. The fourth-order valence-electron chi connectivity index (χ4n) is 3.40. The Morgan fingerprint density at radius 1 is 1.00 bits per heavy atom. The van der Waals surface area contributed by atoms with E-state index in [9.17, 15) is 9.59 Å². The van der Waals surface area contributed by atoms with Crippen molar-refractivity contribution in [1.82, 2.24) is 14.7 Å². The Bertz CT molecular complexity index is 690. The number of nitrogens with zero attached hydrogens (tertiary/aromatic N) is 3. The third kappa shape index (κ3) is 5.14. The highest BCUT2D eigenvalue weighted by molar-refractivity contribution is 5.95. The SMILES string of the molecule is COc1cc(C(=O)N2CCCN(C)CC2)ccc1OCC(=O)N1CCOCC1. The van der Waals surface area contributed by atoms with E-state index in [1.165, 1.54) is 7.11 Å². The number of methoxy groups -OCH3 is 1. The third-order valence-corrected chi connectivity index (χ3v) is 5.13. The molecular formula is C20H29N3O5. The summed E-state index contributed by atoms with van der Waals surface area (Å²) >= 11 is 0. The minimum Gasteiger partial charge on any atom is -0.493 e. The fourth-order valence-corrected chi connectivity index (χ4v) is 3.40. The number of hydrogen-bond acceptors (Lipinski definition) is 6. The molecule has 2 aliphatic rings. The van der Waals surface area contributed by atoms with Gasteiger partial charge in [-0.05, 0) is 38.2 Å². The van der Waals surface area contributed by atoms with Gasteiger partial charge in [0.05, 0.1) is 20.3 Å². The molecule has 2 aliphatic heterocycles. The number of ether oxygens (including phenoxy) is 3. The molecule has 0 aromatic heterocycles. The van der Waals surface area contributed by atoms with Gasteiger partial charge in [0.25, 0.3) is 11.8 Å². The molecule has 0 saturated carbocycles. The van der Waals surface area contributed by atoms with E-state index in [1.807, 2.05) is 4.90 Å². The highest BCUT2D eigenvalue weighted by Crippen LogP contribution is 2.29. The molecule has 0 aliphatic carbocycles. The molecule has 2 saturated heterocycles. The first-order valence-electron chi connectivity index (χ1n) is 9.72. The summed E-state index contributed by atoms with van der Waals surface area (Å²) in [6.45, 7) is 5.53. The Morgan fingerprint density at radius 3 is 2.54 bits per heavy atom. The van der Waals surface area contributed by atoms with Gasteiger partial charge in [0, 0.05) is 38.3 Å². The smallest absolute Gasteiger partial charge is 0.260 e. The van der Waals surface area contributed by atoms with Crippen LogP contribution in [0.3, 0.4) is 0 Å². The Hall–Kier alpha value is -2.32. The van der Waals surface area contributed by atoms with Crippen molar-refractivity contribution >= 4 is 11.8 Å². The van der Waals surface area contributed by atoms with Crippen molar-refractivity contribution in [1.29, 1.82) is 0 Å². The first-order valence-corrected chi connectivity index (χ1v) is 9.72. The normalized spacial score (nSPS) is 18.5. The number of carbonyl (C=O) groups is 2. The number of hydrogen-bond donors (Lipinski definition) is 0.